The number of carbonyl (C=O) groups is 5. The van der Waals surface area contributed by atoms with Crippen LogP contribution in [0.5, 0.6) is 5.75 Å². The third kappa shape index (κ3) is 8.34. The number of primary amides is 1. The van der Waals surface area contributed by atoms with Crippen molar-refractivity contribution in [1.82, 2.24) is 21.3 Å². The van der Waals surface area contributed by atoms with Crippen molar-refractivity contribution in [3.8, 4) is 5.75 Å². The molecule has 3 atom stereocenters. The molecule has 11 heteroatoms. The number of nitrogens with one attached hydrogen (secondary N) is 4. The van der Waals surface area contributed by atoms with E-state index in [2.05, 4.69) is 21.3 Å². The highest BCUT2D eigenvalue weighted by Crippen LogP contribution is 2.19. The van der Waals surface area contributed by atoms with E-state index in [1.54, 1.807) is 25.1 Å². The molecule has 2 aromatic rings. The third-order valence-corrected chi connectivity index (χ3v) is 5.63. The van der Waals surface area contributed by atoms with Gasteiger partial charge in [-0.15, -0.1) is 0 Å². The molecule has 0 bridgehead atoms. The van der Waals surface area contributed by atoms with Crippen LogP contribution in [0.3, 0.4) is 0 Å². The molecule has 196 valence electrons. The first-order valence-corrected chi connectivity index (χ1v) is 11.9. The fourth-order valence-electron chi connectivity index (χ4n) is 3.77. The molecule has 1 heterocycles. The van der Waals surface area contributed by atoms with Crippen LogP contribution in [-0.4, -0.2) is 60.8 Å². The minimum absolute atomic E-state index is 0.0106. The van der Waals surface area contributed by atoms with Crippen LogP contribution in [0.4, 0.5) is 0 Å². The SMILES string of the molecule is C[C@@H]1COc2ccccc2C(=O)N[C@H](C(=O)NCCc2ccccc2)CC(=O)N[C@@H](CC(N)=O)C(=O)N1. The Hall–Kier alpha value is -4.41. The lowest BCUT2D eigenvalue weighted by molar-refractivity contribution is -0.133. The molecule has 0 radical (unpaired) electrons. The van der Waals surface area contributed by atoms with Crippen LogP contribution in [0.15, 0.2) is 54.6 Å². The van der Waals surface area contributed by atoms with E-state index in [1.165, 1.54) is 6.07 Å². The molecular formula is C26H31N5O6. The van der Waals surface area contributed by atoms with Crippen molar-refractivity contribution in [3.63, 3.8) is 0 Å². The minimum atomic E-state index is -1.25. The maximum Gasteiger partial charge on any atom is 0.255 e. The molecule has 1 aliphatic heterocycles. The Kier molecular flexibility index (Phi) is 9.59. The molecule has 0 aliphatic carbocycles. The summed E-state index contributed by atoms with van der Waals surface area (Å²) in [7, 11) is 0. The van der Waals surface area contributed by atoms with Crippen molar-refractivity contribution in [2.75, 3.05) is 13.2 Å². The zero-order chi connectivity index (χ0) is 26.8. The smallest absolute Gasteiger partial charge is 0.255 e. The molecule has 0 saturated heterocycles. The van der Waals surface area contributed by atoms with E-state index in [0.29, 0.717) is 6.42 Å². The van der Waals surface area contributed by atoms with Gasteiger partial charge in [-0.1, -0.05) is 42.5 Å². The highest BCUT2D eigenvalue weighted by molar-refractivity contribution is 6.01. The normalized spacial score (nSPS) is 20.7. The van der Waals surface area contributed by atoms with Crippen LogP contribution in [0.25, 0.3) is 0 Å². The molecule has 0 spiro atoms. The summed E-state index contributed by atoms with van der Waals surface area (Å²) in [4.78, 5) is 63.2. The van der Waals surface area contributed by atoms with Crippen molar-refractivity contribution in [2.24, 2.45) is 5.73 Å². The van der Waals surface area contributed by atoms with Gasteiger partial charge >= 0.3 is 0 Å². The quantitative estimate of drug-likeness (QED) is 0.361. The Balaban J connectivity index is 1.82. The number of rotatable bonds is 6. The summed E-state index contributed by atoms with van der Waals surface area (Å²) in [6.07, 6.45) is -0.354. The van der Waals surface area contributed by atoms with Gasteiger partial charge in [0.2, 0.25) is 23.6 Å². The van der Waals surface area contributed by atoms with Gasteiger partial charge in [0.15, 0.2) is 0 Å². The first-order valence-electron chi connectivity index (χ1n) is 11.9. The number of fused-ring (bicyclic) bond motifs is 1. The van der Waals surface area contributed by atoms with Gasteiger partial charge in [-0.3, -0.25) is 24.0 Å². The fraction of sp³-hybridized carbons (Fsp3) is 0.346. The largest absolute Gasteiger partial charge is 0.491 e. The lowest BCUT2D eigenvalue weighted by Crippen LogP contribution is -2.54. The van der Waals surface area contributed by atoms with Gasteiger partial charge < -0.3 is 31.7 Å². The van der Waals surface area contributed by atoms with E-state index in [9.17, 15) is 24.0 Å². The zero-order valence-corrected chi connectivity index (χ0v) is 20.5. The number of amides is 5. The summed E-state index contributed by atoms with van der Waals surface area (Å²) in [6, 6.07) is 12.9. The van der Waals surface area contributed by atoms with Gasteiger partial charge in [-0.25, -0.2) is 0 Å². The first kappa shape index (κ1) is 27.2. The number of carbonyl (C=O) groups excluding carboxylic acids is 5. The Morgan fingerprint density at radius 3 is 2.43 bits per heavy atom. The van der Waals surface area contributed by atoms with Crippen LogP contribution >= 0.6 is 0 Å². The number of nitrogens with two attached hydrogens (primary N) is 1. The van der Waals surface area contributed by atoms with E-state index >= 15 is 0 Å². The summed E-state index contributed by atoms with van der Waals surface area (Å²) in [5, 5.41) is 10.5. The van der Waals surface area contributed by atoms with Crippen LogP contribution < -0.4 is 31.7 Å². The second-order valence-electron chi connectivity index (χ2n) is 8.76. The highest BCUT2D eigenvalue weighted by Gasteiger charge is 2.30. The lowest BCUT2D eigenvalue weighted by Gasteiger charge is -2.24. The van der Waals surface area contributed by atoms with E-state index in [1.807, 2.05) is 30.3 Å². The maximum atomic E-state index is 13.1. The van der Waals surface area contributed by atoms with Gasteiger partial charge in [0, 0.05) is 6.54 Å². The fourth-order valence-corrected chi connectivity index (χ4v) is 3.77. The number of hydrogen-bond donors (Lipinski definition) is 5. The molecule has 0 unspecified atom stereocenters. The average Bonchev–Trinajstić information content (AvgIpc) is 2.86. The topological polar surface area (TPSA) is 169 Å². The summed E-state index contributed by atoms with van der Waals surface area (Å²) in [5.74, 6) is -3.05. The van der Waals surface area contributed by atoms with Crippen molar-refractivity contribution in [2.45, 2.75) is 44.3 Å². The molecule has 1 aliphatic rings. The monoisotopic (exact) mass is 509 g/mol. The van der Waals surface area contributed by atoms with Gasteiger partial charge in [0.05, 0.1) is 24.4 Å². The molecule has 6 N–H and O–H groups in total. The average molecular weight is 510 g/mol. The van der Waals surface area contributed by atoms with Gasteiger partial charge in [0.25, 0.3) is 5.91 Å². The van der Waals surface area contributed by atoms with Crippen molar-refractivity contribution >= 4 is 29.5 Å². The Labute approximate surface area is 214 Å². The molecule has 0 aromatic heterocycles. The number of ether oxygens (including phenoxy) is 1. The van der Waals surface area contributed by atoms with Crippen LogP contribution in [0.2, 0.25) is 0 Å². The summed E-state index contributed by atoms with van der Waals surface area (Å²) in [6.45, 7) is 1.96. The van der Waals surface area contributed by atoms with Crippen LogP contribution in [0.1, 0.15) is 35.7 Å². The Bertz CT molecular complexity index is 1140. The van der Waals surface area contributed by atoms with E-state index < -0.39 is 60.5 Å². The van der Waals surface area contributed by atoms with Crippen molar-refractivity contribution < 1.29 is 28.7 Å². The second kappa shape index (κ2) is 13.1. The van der Waals surface area contributed by atoms with Gasteiger partial charge in [-0.2, -0.15) is 0 Å². The number of hydrogen-bond acceptors (Lipinski definition) is 6. The summed E-state index contributed by atoms with van der Waals surface area (Å²) >= 11 is 0. The highest BCUT2D eigenvalue weighted by atomic mass is 16.5. The number of benzene rings is 2. The second-order valence-corrected chi connectivity index (χ2v) is 8.76. The molecule has 5 amide bonds. The predicted octanol–water partition coefficient (Wildman–Crippen LogP) is -0.209. The summed E-state index contributed by atoms with van der Waals surface area (Å²) in [5.41, 5.74) is 6.44. The molecule has 11 nitrogen and oxygen atoms in total. The Morgan fingerprint density at radius 1 is 1.00 bits per heavy atom. The van der Waals surface area contributed by atoms with Crippen LogP contribution in [0, 0.1) is 0 Å². The van der Waals surface area contributed by atoms with E-state index in [4.69, 9.17) is 10.5 Å². The molecule has 2 aromatic carbocycles. The summed E-state index contributed by atoms with van der Waals surface area (Å²) < 4.78 is 5.76. The van der Waals surface area contributed by atoms with Gasteiger partial charge in [-0.05, 0) is 31.0 Å². The van der Waals surface area contributed by atoms with Crippen LogP contribution in [-0.2, 0) is 25.6 Å². The first-order chi connectivity index (χ1) is 17.7. The minimum Gasteiger partial charge on any atom is -0.491 e. The van der Waals surface area contributed by atoms with E-state index in [-0.39, 0.29) is 24.5 Å². The standard InChI is InChI=1S/C26H31N5O6/c1-16-15-37-21-10-6-5-9-18(21)24(34)31-20(25(35)28-12-11-17-7-3-2-4-8-17)14-23(33)30-19(13-22(27)32)26(36)29-16/h2-10,16,19-20H,11-15H2,1H3,(H2,27,32)(H,28,35)(H,29,36)(H,30,33)(H,31,34)/t16-,19+,20+/m1/s1. The molecule has 0 fully saturated rings. The number of para-hydroxylation sites is 1. The zero-order valence-electron chi connectivity index (χ0n) is 20.5. The molecule has 3 rings (SSSR count). The van der Waals surface area contributed by atoms with Gasteiger partial charge in [0.1, 0.15) is 24.4 Å². The van der Waals surface area contributed by atoms with Crippen molar-refractivity contribution in [1.29, 1.82) is 0 Å². The lowest BCUT2D eigenvalue weighted by atomic mass is 10.1. The van der Waals surface area contributed by atoms with E-state index in [0.717, 1.165) is 5.56 Å². The molecule has 0 saturated carbocycles. The Morgan fingerprint density at radius 2 is 1.70 bits per heavy atom. The maximum absolute atomic E-state index is 13.1. The predicted molar refractivity (Wildman–Crippen MR) is 134 cm³/mol. The molecular weight excluding hydrogens is 478 g/mol. The third-order valence-electron chi connectivity index (χ3n) is 5.63. The molecule has 37 heavy (non-hydrogen) atoms. The van der Waals surface area contributed by atoms with Crippen molar-refractivity contribution in [3.05, 3.63) is 65.7 Å².